The molecule has 1 saturated heterocycles. The minimum absolute atomic E-state index is 0.0556. The zero-order valence-corrected chi connectivity index (χ0v) is 18.1. The molecule has 0 unspecified atom stereocenters. The Kier molecular flexibility index (Phi) is 5.55. The summed E-state index contributed by atoms with van der Waals surface area (Å²) in [5, 5.41) is 3.46. The molecule has 3 heterocycles. The van der Waals surface area contributed by atoms with Crippen molar-refractivity contribution in [2.45, 2.75) is 38.1 Å². The summed E-state index contributed by atoms with van der Waals surface area (Å²) < 4.78 is 0. The molecule has 7 heteroatoms. The van der Waals surface area contributed by atoms with Gasteiger partial charge in [0.05, 0.1) is 10.6 Å². The third kappa shape index (κ3) is 4.00. The second kappa shape index (κ2) is 8.62. The molecule has 0 spiro atoms. The van der Waals surface area contributed by atoms with Crippen LogP contribution in [-0.4, -0.2) is 32.0 Å². The molecule has 1 saturated carbocycles. The number of thioether (sulfide) groups is 1. The van der Waals surface area contributed by atoms with Crippen LogP contribution in [0, 0.1) is 0 Å². The average molecular weight is 435 g/mol. The Morgan fingerprint density at radius 3 is 2.70 bits per heavy atom. The summed E-state index contributed by atoms with van der Waals surface area (Å²) in [6.45, 7) is 0. The van der Waals surface area contributed by atoms with Crippen LogP contribution in [0.4, 0.5) is 5.13 Å². The zero-order valence-electron chi connectivity index (χ0n) is 16.5. The number of aromatic nitrogens is 2. The number of amidine groups is 1. The molecule has 30 heavy (non-hydrogen) atoms. The molecule has 2 fully saturated rings. The fourth-order valence-electron chi connectivity index (χ4n) is 3.94. The Morgan fingerprint density at radius 2 is 1.93 bits per heavy atom. The molecule has 2 aromatic heterocycles. The molecule has 2 aliphatic rings. The Labute approximate surface area is 184 Å². The SMILES string of the molecule is O=C1/C(=C\c2ccc[nH]2)S/C(=N/c2nc(-c3ccccc3)cs2)N1C1CCCCC1. The van der Waals surface area contributed by atoms with E-state index < -0.39 is 0 Å². The highest BCUT2D eigenvalue weighted by Crippen LogP contribution is 2.39. The van der Waals surface area contributed by atoms with Crippen molar-refractivity contribution in [3.05, 3.63) is 64.6 Å². The number of hydrogen-bond acceptors (Lipinski definition) is 5. The molecule has 3 aromatic rings. The first-order valence-electron chi connectivity index (χ1n) is 10.2. The van der Waals surface area contributed by atoms with E-state index in [1.807, 2.05) is 65.0 Å². The van der Waals surface area contributed by atoms with Crippen molar-refractivity contribution in [3.63, 3.8) is 0 Å². The highest BCUT2D eigenvalue weighted by molar-refractivity contribution is 8.18. The van der Waals surface area contributed by atoms with Gasteiger partial charge in [0.2, 0.25) is 5.13 Å². The molecule has 5 rings (SSSR count). The van der Waals surface area contributed by atoms with Crippen LogP contribution in [0.5, 0.6) is 0 Å². The normalized spacial score (nSPS) is 20.5. The number of amides is 1. The van der Waals surface area contributed by atoms with Gasteiger partial charge in [-0.3, -0.25) is 9.69 Å². The number of thiazole rings is 1. The van der Waals surface area contributed by atoms with Crippen LogP contribution in [0.25, 0.3) is 17.3 Å². The lowest BCUT2D eigenvalue weighted by molar-refractivity contribution is -0.124. The summed E-state index contributed by atoms with van der Waals surface area (Å²) in [6, 6.07) is 14.2. The molecule has 1 aliphatic heterocycles. The summed E-state index contributed by atoms with van der Waals surface area (Å²) in [6.07, 6.45) is 9.43. The number of nitrogens with one attached hydrogen (secondary N) is 1. The second-order valence-corrected chi connectivity index (χ2v) is 9.32. The quantitative estimate of drug-likeness (QED) is 0.507. The summed E-state index contributed by atoms with van der Waals surface area (Å²) >= 11 is 2.97. The summed E-state index contributed by atoms with van der Waals surface area (Å²) in [5.74, 6) is 0.0556. The molecule has 0 atom stereocenters. The van der Waals surface area contributed by atoms with Gasteiger partial charge in [0.25, 0.3) is 5.91 Å². The van der Waals surface area contributed by atoms with Crippen molar-refractivity contribution in [1.29, 1.82) is 0 Å². The Morgan fingerprint density at radius 1 is 1.10 bits per heavy atom. The molecule has 1 aromatic carbocycles. The first kappa shape index (κ1) is 19.3. The van der Waals surface area contributed by atoms with Crippen molar-refractivity contribution >= 4 is 45.4 Å². The smallest absolute Gasteiger partial charge is 0.267 e. The van der Waals surface area contributed by atoms with Crippen LogP contribution in [0.15, 0.2) is 63.9 Å². The first-order chi connectivity index (χ1) is 14.8. The number of hydrogen-bond donors (Lipinski definition) is 1. The van der Waals surface area contributed by atoms with Gasteiger partial charge in [-0.05, 0) is 42.8 Å². The summed E-state index contributed by atoms with van der Waals surface area (Å²) in [4.78, 5) is 28.6. The van der Waals surface area contributed by atoms with Crippen LogP contribution < -0.4 is 0 Å². The molecule has 152 valence electrons. The Hall–Kier alpha value is -2.64. The van der Waals surface area contributed by atoms with E-state index >= 15 is 0 Å². The molecule has 1 amide bonds. The molecule has 0 bridgehead atoms. The van der Waals surface area contributed by atoms with E-state index in [0.29, 0.717) is 10.0 Å². The lowest BCUT2D eigenvalue weighted by Crippen LogP contribution is -2.40. The van der Waals surface area contributed by atoms with Gasteiger partial charge in [0.15, 0.2) is 5.17 Å². The molecular weight excluding hydrogens is 412 g/mol. The van der Waals surface area contributed by atoms with Gasteiger partial charge in [-0.15, -0.1) is 11.3 Å². The van der Waals surface area contributed by atoms with E-state index in [9.17, 15) is 4.79 Å². The van der Waals surface area contributed by atoms with Crippen LogP contribution in [0.1, 0.15) is 37.8 Å². The zero-order chi connectivity index (χ0) is 20.3. The van der Waals surface area contributed by atoms with Gasteiger partial charge in [-0.2, -0.15) is 4.99 Å². The monoisotopic (exact) mass is 434 g/mol. The number of carbonyl (C=O) groups excluding carboxylic acids is 1. The predicted molar refractivity (Wildman–Crippen MR) is 125 cm³/mol. The minimum atomic E-state index is 0.0556. The van der Waals surface area contributed by atoms with Gasteiger partial charge >= 0.3 is 0 Å². The third-order valence-corrected chi connectivity index (χ3v) is 7.16. The van der Waals surface area contributed by atoms with Gasteiger partial charge in [-0.1, -0.05) is 49.6 Å². The maximum atomic E-state index is 13.3. The molecule has 5 nitrogen and oxygen atoms in total. The van der Waals surface area contributed by atoms with Crippen LogP contribution in [0.3, 0.4) is 0 Å². The van der Waals surface area contributed by atoms with Crippen molar-refractivity contribution in [3.8, 4) is 11.3 Å². The predicted octanol–water partition coefficient (Wildman–Crippen LogP) is 6.07. The number of rotatable bonds is 4. The maximum Gasteiger partial charge on any atom is 0.267 e. The fraction of sp³-hybridized carbons (Fsp3) is 0.261. The third-order valence-electron chi connectivity index (χ3n) is 5.44. The van der Waals surface area contributed by atoms with Gasteiger partial charge in [0, 0.05) is 28.9 Å². The Bertz CT molecular complexity index is 1080. The van der Waals surface area contributed by atoms with E-state index in [-0.39, 0.29) is 11.9 Å². The topological polar surface area (TPSA) is 61.4 Å². The van der Waals surface area contributed by atoms with E-state index in [4.69, 9.17) is 9.98 Å². The number of benzene rings is 1. The van der Waals surface area contributed by atoms with Crippen molar-refractivity contribution in [1.82, 2.24) is 14.9 Å². The second-order valence-electron chi connectivity index (χ2n) is 7.48. The van der Waals surface area contributed by atoms with E-state index in [1.54, 1.807) is 0 Å². The molecule has 0 radical (unpaired) electrons. The van der Waals surface area contributed by atoms with Crippen LogP contribution in [-0.2, 0) is 4.79 Å². The van der Waals surface area contributed by atoms with Crippen molar-refractivity contribution in [2.24, 2.45) is 4.99 Å². The van der Waals surface area contributed by atoms with Crippen LogP contribution >= 0.6 is 23.1 Å². The Balaban J connectivity index is 1.48. The number of H-pyrrole nitrogens is 1. The van der Waals surface area contributed by atoms with E-state index in [1.165, 1.54) is 29.5 Å². The first-order valence-corrected chi connectivity index (χ1v) is 11.9. The number of carbonyl (C=O) groups is 1. The maximum absolute atomic E-state index is 13.3. The van der Waals surface area contributed by atoms with Gasteiger partial charge < -0.3 is 4.98 Å². The lowest BCUT2D eigenvalue weighted by atomic mass is 9.94. The number of aromatic amines is 1. The number of aliphatic imine (C=N–C) groups is 1. The van der Waals surface area contributed by atoms with E-state index in [2.05, 4.69) is 4.98 Å². The molecule has 1 N–H and O–H groups in total. The molecule has 1 aliphatic carbocycles. The van der Waals surface area contributed by atoms with Gasteiger partial charge in [0.1, 0.15) is 0 Å². The summed E-state index contributed by atoms with van der Waals surface area (Å²) in [5.41, 5.74) is 2.92. The van der Waals surface area contributed by atoms with Gasteiger partial charge in [-0.25, -0.2) is 4.98 Å². The minimum Gasteiger partial charge on any atom is -0.362 e. The van der Waals surface area contributed by atoms with Crippen molar-refractivity contribution < 1.29 is 4.79 Å². The molecular formula is C23H22N4OS2. The van der Waals surface area contributed by atoms with Crippen molar-refractivity contribution in [2.75, 3.05) is 0 Å². The number of nitrogens with zero attached hydrogens (tertiary/aromatic N) is 3. The largest absolute Gasteiger partial charge is 0.362 e. The lowest BCUT2D eigenvalue weighted by Gasteiger charge is -2.30. The van der Waals surface area contributed by atoms with E-state index in [0.717, 1.165) is 47.8 Å². The standard InChI is InChI=1S/C23H22N4OS2/c28-21-20(14-17-10-7-13-24-17)30-23(27(21)18-11-5-2-6-12-18)26-22-25-19(15-29-22)16-8-3-1-4-9-16/h1,3-4,7-10,13-15,18,24H,2,5-6,11-12H2/b20-14+,26-23+. The summed E-state index contributed by atoms with van der Waals surface area (Å²) in [7, 11) is 0. The highest BCUT2D eigenvalue weighted by atomic mass is 32.2. The average Bonchev–Trinajstić information content (AvgIpc) is 3.52. The fourth-order valence-corrected chi connectivity index (χ4v) is 5.72. The van der Waals surface area contributed by atoms with Crippen LogP contribution in [0.2, 0.25) is 0 Å². The highest BCUT2D eigenvalue weighted by Gasteiger charge is 2.38.